The number of carbonyl (C=O) groups is 1. The van der Waals surface area contributed by atoms with Gasteiger partial charge in [-0.1, -0.05) is 25.6 Å². The molecule has 0 bridgehead atoms. The van der Waals surface area contributed by atoms with Crippen LogP contribution >= 0.6 is 11.8 Å². The molecule has 1 aromatic carbocycles. The molecule has 3 rings (SSSR count). The van der Waals surface area contributed by atoms with Gasteiger partial charge in [0.1, 0.15) is 5.58 Å². The van der Waals surface area contributed by atoms with Crippen LogP contribution < -0.4 is 10.9 Å². The summed E-state index contributed by atoms with van der Waals surface area (Å²) in [7, 11) is 0. The van der Waals surface area contributed by atoms with E-state index in [0.717, 1.165) is 28.3 Å². The van der Waals surface area contributed by atoms with Crippen molar-refractivity contribution < 1.29 is 9.21 Å². The summed E-state index contributed by atoms with van der Waals surface area (Å²) in [6.07, 6.45) is 0. The summed E-state index contributed by atoms with van der Waals surface area (Å²) in [4.78, 5) is 28.0. The number of hydrogen-bond donors (Lipinski definition) is 1. The van der Waals surface area contributed by atoms with Gasteiger partial charge in [0.2, 0.25) is 5.91 Å². The fraction of sp³-hybridized carbons (Fsp3) is 0.381. The number of thioether (sulfide) groups is 1. The molecule has 0 atom stereocenters. The lowest BCUT2D eigenvalue weighted by Crippen LogP contribution is -2.08. The first-order valence-corrected chi connectivity index (χ1v) is 10.2. The normalized spacial score (nSPS) is 11.4. The zero-order valence-corrected chi connectivity index (χ0v) is 17.6. The van der Waals surface area contributed by atoms with Crippen molar-refractivity contribution in [2.75, 3.05) is 5.32 Å². The lowest BCUT2D eigenvalue weighted by molar-refractivity contribution is -0.114. The number of rotatable bonds is 6. The van der Waals surface area contributed by atoms with E-state index in [1.165, 1.54) is 18.7 Å². The van der Waals surface area contributed by atoms with Crippen LogP contribution in [0.3, 0.4) is 0 Å². The molecule has 0 aliphatic rings. The van der Waals surface area contributed by atoms with E-state index in [2.05, 4.69) is 30.7 Å². The number of fused-ring (bicyclic) bond motifs is 1. The molecule has 0 saturated heterocycles. The van der Waals surface area contributed by atoms with E-state index in [4.69, 9.17) is 9.40 Å². The molecule has 0 fully saturated rings. The van der Waals surface area contributed by atoms with Gasteiger partial charge in [0.05, 0.1) is 5.69 Å². The summed E-state index contributed by atoms with van der Waals surface area (Å²) in [6, 6.07) is 6.89. The van der Waals surface area contributed by atoms with Crippen LogP contribution in [0.15, 0.2) is 38.6 Å². The monoisotopic (exact) mass is 399 g/mol. The Labute approximate surface area is 168 Å². The molecule has 6 nitrogen and oxygen atoms in total. The Morgan fingerprint density at radius 1 is 1.29 bits per heavy atom. The third kappa shape index (κ3) is 4.47. The highest BCUT2D eigenvalue weighted by Gasteiger charge is 2.14. The van der Waals surface area contributed by atoms with E-state index in [0.29, 0.717) is 22.9 Å². The van der Waals surface area contributed by atoms with Gasteiger partial charge in [-0.3, -0.25) is 4.79 Å². The van der Waals surface area contributed by atoms with E-state index >= 15 is 0 Å². The van der Waals surface area contributed by atoms with Gasteiger partial charge in [0, 0.05) is 48.1 Å². The van der Waals surface area contributed by atoms with Crippen molar-refractivity contribution in [2.24, 2.45) is 5.92 Å². The van der Waals surface area contributed by atoms with Gasteiger partial charge in [-0.25, -0.2) is 9.78 Å². The van der Waals surface area contributed by atoms with E-state index in [9.17, 15) is 9.59 Å². The van der Waals surface area contributed by atoms with E-state index in [1.807, 2.05) is 19.1 Å². The zero-order valence-electron chi connectivity index (χ0n) is 16.8. The first-order valence-electron chi connectivity index (χ1n) is 9.25. The van der Waals surface area contributed by atoms with Crippen LogP contribution in [-0.2, 0) is 17.1 Å². The number of nitrogens with zero attached hydrogens (tertiary/aromatic N) is 2. The van der Waals surface area contributed by atoms with Crippen LogP contribution in [0.1, 0.15) is 37.7 Å². The van der Waals surface area contributed by atoms with Gasteiger partial charge in [-0.2, -0.15) is 0 Å². The SMILES string of the molecule is CC(=O)Nc1ccc2c(CSc3nc(C)c(C)n3CC(C)C)cc(=O)oc2c1. The van der Waals surface area contributed by atoms with Gasteiger partial charge in [-0.15, -0.1) is 0 Å². The van der Waals surface area contributed by atoms with E-state index in [-0.39, 0.29) is 5.91 Å². The topological polar surface area (TPSA) is 77.1 Å². The van der Waals surface area contributed by atoms with Crippen LogP contribution in [0.2, 0.25) is 0 Å². The number of imidazole rings is 1. The first-order chi connectivity index (χ1) is 13.2. The molecule has 2 aromatic heterocycles. The molecule has 0 saturated carbocycles. The number of carbonyl (C=O) groups excluding carboxylic acids is 1. The first kappa shape index (κ1) is 20.2. The smallest absolute Gasteiger partial charge is 0.336 e. The number of anilines is 1. The minimum Gasteiger partial charge on any atom is -0.423 e. The lowest BCUT2D eigenvalue weighted by Gasteiger charge is -2.12. The predicted molar refractivity (Wildman–Crippen MR) is 113 cm³/mol. The quantitative estimate of drug-likeness (QED) is 0.487. The molecule has 1 N–H and O–H groups in total. The van der Waals surface area contributed by atoms with Gasteiger partial charge in [0.25, 0.3) is 0 Å². The summed E-state index contributed by atoms with van der Waals surface area (Å²) in [6.45, 7) is 10.8. The molecule has 3 aromatic rings. The highest BCUT2D eigenvalue weighted by atomic mass is 32.2. The Kier molecular flexibility index (Phi) is 5.93. The van der Waals surface area contributed by atoms with Crippen molar-refractivity contribution in [3.63, 3.8) is 0 Å². The molecule has 0 spiro atoms. The molecule has 0 aliphatic heterocycles. The minimum atomic E-state index is -0.402. The second kappa shape index (κ2) is 8.22. The van der Waals surface area contributed by atoms with Crippen LogP contribution in [0, 0.1) is 19.8 Å². The summed E-state index contributed by atoms with van der Waals surface area (Å²) in [5.74, 6) is 0.954. The standard InChI is InChI=1S/C21H25N3O3S/c1-12(2)10-24-14(4)13(3)22-21(24)28-11-16-8-20(26)27-19-9-17(23-15(5)25)6-7-18(16)19/h6-9,12H,10-11H2,1-5H3,(H,23,25). The molecule has 0 unspecified atom stereocenters. The van der Waals surface area contributed by atoms with Crippen molar-refractivity contribution in [1.29, 1.82) is 0 Å². The molecule has 0 radical (unpaired) electrons. The van der Waals surface area contributed by atoms with E-state index in [1.54, 1.807) is 17.8 Å². The van der Waals surface area contributed by atoms with Gasteiger partial charge in [-0.05, 0) is 37.5 Å². The summed E-state index contributed by atoms with van der Waals surface area (Å²) in [5, 5.41) is 4.53. The van der Waals surface area contributed by atoms with Crippen LogP contribution in [0.4, 0.5) is 5.69 Å². The molecule has 148 valence electrons. The Morgan fingerprint density at radius 3 is 2.71 bits per heavy atom. The number of hydrogen-bond acceptors (Lipinski definition) is 5. The number of benzene rings is 1. The molecular weight excluding hydrogens is 374 g/mol. The minimum absolute atomic E-state index is 0.170. The summed E-state index contributed by atoms with van der Waals surface area (Å²) >= 11 is 1.62. The molecule has 1 amide bonds. The number of nitrogens with one attached hydrogen (secondary N) is 1. The van der Waals surface area contributed by atoms with Crippen LogP contribution in [-0.4, -0.2) is 15.5 Å². The average Bonchev–Trinajstić information content (AvgIpc) is 2.86. The zero-order chi connectivity index (χ0) is 20.4. The average molecular weight is 400 g/mol. The van der Waals surface area contributed by atoms with E-state index < -0.39 is 5.63 Å². The maximum atomic E-state index is 12.0. The lowest BCUT2D eigenvalue weighted by atomic mass is 10.1. The Morgan fingerprint density at radius 2 is 2.04 bits per heavy atom. The third-order valence-electron chi connectivity index (χ3n) is 4.48. The molecule has 2 heterocycles. The summed E-state index contributed by atoms with van der Waals surface area (Å²) in [5.41, 5.74) is 3.76. The van der Waals surface area contributed by atoms with Crippen molar-refractivity contribution in [3.05, 3.63) is 51.6 Å². The maximum Gasteiger partial charge on any atom is 0.336 e. The number of amides is 1. The second-order valence-electron chi connectivity index (χ2n) is 7.34. The van der Waals surface area contributed by atoms with Gasteiger partial charge in [0.15, 0.2) is 5.16 Å². The van der Waals surface area contributed by atoms with Crippen LogP contribution in [0.5, 0.6) is 0 Å². The van der Waals surface area contributed by atoms with Crippen molar-refractivity contribution in [2.45, 2.75) is 52.1 Å². The Bertz CT molecular complexity index is 1080. The van der Waals surface area contributed by atoms with Gasteiger partial charge < -0.3 is 14.3 Å². The maximum absolute atomic E-state index is 12.0. The second-order valence-corrected chi connectivity index (χ2v) is 8.28. The fourth-order valence-corrected chi connectivity index (χ4v) is 4.18. The van der Waals surface area contributed by atoms with Crippen molar-refractivity contribution in [1.82, 2.24) is 9.55 Å². The highest BCUT2D eigenvalue weighted by molar-refractivity contribution is 7.98. The largest absolute Gasteiger partial charge is 0.423 e. The van der Waals surface area contributed by atoms with Gasteiger partial charge >= 0.3 is 5.63 Å². The molecule has 7 heteroatoms. The van der Waals surface area contributed by atoms with Crippen molar-refractivity contribution in [3.8, 4) is 0 Å². The third-order valence-corrected chi connectivity index (χ3v) is 5.50. The number of aromatic nitrogens is 2. The Hall–Kier alpha value is -2.54. The molecule has 28 heavy (non-hydrogen) atoms. The predicted octanol–water partition coefficient (Wildman–Crippen LogP) is 4.51. The summed E-state index contributed by atoms with van der Waals surface area (Å²) < 4.78 is 7.58. The fourth-order valence-electron chi connectivity index (χ4n) is 3.09. The van der Waals surface area contributed by atoms with Crippen LogP contribution in [0.25, 0.3) is 11.0 Å². The molecule has 0 aliphatic carbocycles. The number of aryl methyl sites for hydroxylation is 1. The highest BCUT2D eigenvalue weighted by Crippen LogP contribution is 2.29. The molecular formula is C21H25N3O3S. The van der Waals surface area contributed by atoms with Crippen molar-refractivity contribution >= 4 is 34.3 Å². The Balaban J connectivity index is 1.92.